The van der Waals surface area contributed by atoms with Gasteiger partial charge in [0.2, 0.25) is 0 Å². The molecule has 0 saturated carbocycles. The Morgan fingerprint density at radius 1 is 1.26 bits per heavy atom. The van der Waals surface area contributed by atoms with Crippen LogP contribution in [-0.4, -0.2) is 31.2 Å². The van der Waals surface area contributed by atoms with Gasteiger partial charge in [0.1, 0.15) is 17.3 Å². The summed E-state index contributed by atoms with van der Waals surface area (Å²) >= 11 is 0. The average Bonchev–Trinajstić information content (AvgIpc) is 2.79. The average molecular weight is 261 g/mol. The van der Waals surface area contributed by atoms with Crippen molar-refractivity contribution < 1.29 is 9.47 Å². The van der Waals surface area contributed by atoms with Crippen molar-refractivity contribution in [1.82, 2.24) is 15.3 Å². The number of nitrogens with zero attached hydrogens (tertiary/aromatic N) is 1. The minimum Gasteiger partial charge on any atom is -0.497 e. The molecule has 2 aromatic rings. The number of hydrogen-bond acceptors (Lipinski definition) is 4. The van der Waals surface area contributed by atoms with Gasteiger partial charge in [0, 0.05) is 11.3 Å². The summed E-state index contributed by atoms with van der Waals surface area (Å²) in [5.74, 6) is 2.47. The number of imidazole rings is 1. The molecule has 2 rings (SSSR count). The molecule has 2 N–H and O–H groups in total. The smallest absolute Gasteiger partial charge is 0.128 e. The summed E-state index contributed by atoms with van der Waals surface area (Å²) in [5.41, 5.74) is 2.83. The first-order chi connectivity index (χ1) is 9.19. The van der Waals surface area contributed by atoms with E-state index in [2.05, 4.69) is 15.3 Å². The number of methoxy groups -OCH3 is 2. The highest BCUT2D eigenvalue weighted by Gasteiger charge is 2.14. The molecule has 0 aliphatic rings. The van der Waals surface area contributed by atoms with Gasteiger partial charge in [-0.05, 0) is 32.2 Å². The number of aromatic nitrogens is 2. The first kappa shape index (κ1) is 13.4. The molecule has 0 aliphatic carbocycles. The summed E-state index contributed by atoms with van der Waals surface area (Å²) in [6.07, 6.45) is 0. The Balaban J connectivity index is 2.50. The fourth-order valence-corrected chi connectivity index (χ4v) is 2.03. The molecule has 0 radical (unpaired) electrons. The third-order valence-electron chi connectivity index (χ3n) is 2.94. The van der Waals surface area contributed by atoms with Crippen LogP contribution in [0.4, 0.5) is 0 Å². The predicted octanol–water partition coefficient (Wildman–Crippen LogP) is 2.12. The van der Waals surface area contributed by atoms with E-state index >= 15 is 0 Å². The van der Waals surface area contributed by atoms with Gasteiger partial charge in [0.05, 0.1) is 26.5 Å². The Bertz CT molecular complexity index is 564. The van der Waals surface area contributed by atoms with Gasteiger partial charge >= 0.3 is 0 Å². The summed E-state index contributed by atoms with van der Waals surface area (Å²) < 4.78 is 10.7. The Morgan fingerprint density at radius 3 is 2.68 bits per heavy atom. The van der Waals surface area contributed by atoms with Crippen LogP contribution in [0.5, 0.6) is 11.5 Å². The summed E-state index contributed by atoms with van der Waals surface area (Å²) in [5, 5.41) is 3.08. The number of aryl methyl sites for hydroxylation is 1. The van der Waals surface area contributed by atoms with Gasteiger partial charge in [0.15, 0.2) is 0 Å². The Kier molecular flexibility index (Phi) is 4.06. The zero-order valence-electron chi connectivity index (χ0n) is 11.7. The van der Waals surface area contributed by atoms with Crippen molar-refractivity contribution in [2.45, 2.75) is 13.5 Å². The minimum absolute atomic E-state index is 0.702. The van der Waals surface area contributed by atoms with E-state index in [9.17, 15) is 0 Å². The maximum absolute atomic E-state index is 5.40. The molecule has 5 nitrogen and oxygen atoms in total. The Morgan fingerprint density at radius 2 is 2.05 bits per heavy atom. The van der Waals surface area contributed by atoms with Crippen LogP contribution in [-0.2, 0) is 6.54 Å². The molecule has 1 heterocycles. The molecule has 102 valence electrons. The molecule has 0 aliphatic heterocycles. The zero-order valence-corrected chi connectivity index (χ0v) is 11.7. The molecule has 19 heavy (non-hydrogen) atoms. The second kappa shape index (κ2) is 5.75. The highest BCUT2D eigenvalue weighted by Crippen LogP contribution is 2.33. The first-order valence-electron chi connectivity index (χ1n) is 6.12. The van der Waals surface area contributed by atoms with Crippen molar-refractivity contribution in [3.05, 3.63) is 29.7 Å². The second-order valence-corrected chi connectivity index (χ2v) is 4.25. The summed E-state index contributed by atoms with van der Waals surface area (Å²) in [6.45, 7) is 2.70. The molecule has 1 aromatic carbocycles. The van der Waals surface area contributed by atoms with Crippen LogP contribution in [0.3, 0.4) is 0 Å². The molecule has 5 heteroatoms. The van der Waals surface area contributed by atoms with Crippen molar-refractivity contribution in [2.24, 2.45) is 0 Å². The van der Waals surface area contributed by atoms with Crippen molar-refractivity contribution in [1.29, 1.82) is 0 Å². The SMILES string of the molecule is CNCc1nc(-c2cc(OC)ccc2OC)c(C)[nH]1. The molecule has 1 aromatic heterocycles. The molecule has 0 fully saturated rings. The van der Waals surface area contributed by atoms with Crippen molar-refractivity contribution in [2.75, 3.05) is 21.3 Å². The lowest BCUT2D eigenvalue weighted by Crippen LogP contribution is -2.06. The monoisotopic (exact) mass is 261 g/mol. The van der Waals surface area contributed by atoms with Crippen LogP contribution in [0.2, 0.25) is 0 Å². The normalized spacial score (nSPS) is 10.5. The van der Waals surface area contributed by atoms with Gasteiger partial charge < -0.3 is 19.8 Å². The van der Waals surface area contributed by atoms with E-state index < -0.39 is 0 Å². The number of ether oxygens (including phenoxy) is 2. The molecule has 0 atom stereocenters. The predicted molar refractivity (Wildman–Crippen MR) is 74.6 cm³/mol. The van der Waals surface area contributed by atoms with Crippen LogP contribution in [0.1, 0.15) is 11.5 Å². The number of H-pyrrole nitrogens is 1. The Labute approximate surface area is 113 Å². The lowest BCUT2D eigenvalue weighted by atomic mass is 10.1. The van der Waals surface area contributed by atoms with Crippen molar-refractivity contribution in [3.8, 4) is 22.8 Å². The third-order valence-corrected chi connectivity index (χ3v) is 2.94. The molecule has 0 unspecified atom stereocenters. The van der Waals surface area contributed by atoms with E-state index in [-0.39, 0.29) is 0 Å². The van der Waals surface area contributed by atoms with Crippen LogP contribution < -0.4 is 14.8 Å². The number of benzene rings is 1. The molecular formula is C14H19N3O2. The summed E-state index contributed by atoms with van der Waals surface area (Å²) in [7, 11) is 5.20. The van der Waals surface area contributed by atoms with Crippen LogP contribution in [0.15, 0.2) is 18.2 Å². The van der Waals surface area contributed by atoms with Crippen molar-refractivity contribution >= 4 is 0 Å². The van der Waals surface area contributed by atoms with E-state index in [0.717, 1.165) is 34.3 Å². The van der Waals surface area contributed by atoms with E-state index in [4.69, 9.17) is 9.47 Å². The first-order valence-corrected chi connectivity index (χ1v) is 6.12. The number of rotatable bonds is 5. The standard InChI is InChI=1S/C14H19N3O2/c1-9-14(17-13(16-9)8-15-2)11-7-10(18-3)5-6-12(11)19-4/h5-7,15H,8H2,1-4H3,(H,16,17). The lowest BCUT2D eigenvalue weighted by Gasteiger charge is -2.09. The maximum atomic E-state index is 5.40. The quantitative estimate of drug-likeness (QED) is 0.865. The van der Waals surface area contributed by atoms with Crippen LogP contribution >= 0.6 is 0 Å². The van der Waals surface area contributed by atoms with E-state index in [1.54, 1.807) is 14.2 Å². The number of aromatic amines is 1. The van der Waals surface area contributed by atoms with Crippen LogP contribution in [0.25, 0.3) is 11.3 Å². The summed E-state index contributed by atoms with van der Waals surface area (Å²) in [6, 6.07) is 5.70. The zero-order chi connectivity index (χ0) is 13.8. The molecular weight excluding hydrogens is 242 g/mol. The van der Waals surface area contributed by atoms with E-state index in [1.165, 1.54) is 0 Å². The number of hydrogen-bond donors (Lipinski definition) is 2. The van der Waals surface area contributed by atoms with Gasteiger partial charge in [-0.1, -0.05) is 0 Å². The lowest BCUT2D eigenvalue weighted by molar-refractivity contribution is 0.404. The molecule has 0 amide bonds. The fourth-order valence-electron chi connectivity index (χ4n) is 2.03. The highest BCUT2D eigenvalue weighted by molar-refractivity contribution is 5.71. The number of nitrogens with one attached hydrogen (secondary N) is 2. The largest absolute Gasteiger partial charge is 0.497 e. The molecule has 0 bridgehead atoms. The van der Waals surface area contributed by atoms with Gasteiger partial charge in [-0.15, -0.1) is 0 Å². The van der Waals surface area contributed by atoms with Gasteiger partial charge in [-0.2, -0.15) is 0 Å². The topological polar surface area (TPSA) is 59.2 Å². The molecule has 0 saturated heterocycles. The minimum atomic E-state index is 0.702. The fraction of sp³-hybridized carbons (Fsp3) is 0.357. The highest BCUT2D eigenvalue weighted by atomic mass is 16.5. The van der Waals surface area contributed by atoms with Gasteiger partial charge in [-0.3, -0.25) is 0 Å². The third kappa shape index (κ3) is 2.71. The van der Waals surface area contributed by atoms with Gasteiger partial charge in [0.25, 0.3) is 0 Å². The van der Waals surface area contributed by atoms with Crippen molar-refractivity contribution in [3.63, 3.8) is 0 Å². The van der Waals surface area contributed by atoms with Crippen LogP contribution in [0, 0.1) is 6.92 Å². The second-order valence-electron chi connectivity index (χ2n) is 4.25. The van der Waals surface area contributed by atoms with E-state index in [1.807, 2.05) is 32.2 Å². The van der Waals surface area contributed by atoms with Gasteiger partial charge in [-0.25, -0.2) is 4.98 Å². The Hall–Kier alpha value is -2.01. The molecule has 0 spiro atoms. The van der Waals surface area contributed by atoms with E-state index in [0.29, 0.717) is 6.54 Å². The summed E-state index contributed by atoms with van der Waals surface area (Å²) in [4.78, 5) is 7.86. The maximum Gasteiger partial charge on any atom is 0.128 e.